The summed E-state index contributed by atoms with van der Waals surface area (Å²) in [7, 11) is 0. The van der Waals surface area contributed by atoms with E-state index in [9.17, 15) is 4.79 Å². The van der Waals surface area contributed by atoms with Crippen molar-refractivity contribution in [2.45, 2.75) is 46.5 Å². The molecule has 0 N–H and O–H groups in total. The van der Waals surface area contributed by atoms with E-state index in [1.54, 1.807) is 0 Å². The molecule has 0 bridgehead atoms. The van der Waals surface area contributed by atoms with Gasteiger partial charge in [-0.2, -0.15) is 0 Å². The third-order valence-corrected chi connectivity index (χ3v) is 2.18. The predicted octanol–water partition coefficient (Wildman–Crippen LogP) is 3.63. The highest BCUT2D eigenvalue weighted by Crippen LogP contribution is 2.11. The van der Waals surface area contributed by atoms with Crippen LogP contribution in [0.25, 0.3) is 0 Å². The minimum absolute atomic E-state index is 0.240. The summed E-state index contributed by atoms with van der Waals surface area (Å²) in [6, 6.07) is 0. The van der Waals surface area contributed by atoms with Crippen molar-refractivity contribution in [1.29, 1.82) is 0 Å². The fourth-order valence-corrected chi connectivity index (χ4v) is 1.21. The first kappa shape index (κ1) is 13.9. The first-order valence-electron chi connectivity index (χ1n) is 5.56. The zero-order chi connectivity index (χ0) is 11.7. The Hall–Kier alpha value is -1.05. The second kappa shape index (κ2) is 8.27. The summed E-state index contributed by atoms with van der Waals surface area (Å²) in [6.07, 6.45) is 6.82. The summed E-state index contributed by atoms with van der Waals surface area (Å²) in [5.74, 6) is -0.240. The van der Waals surface area contributed by atoms with Crippen molar-refractivity contribution < 1.29 is 9.53 Å². The van der Waals surface area contributed by atoms with Crippen LogP contribution in [0.4, 0.5) is 0 Å². The summed E-state index contributed by atoms with van der Waals surface area (Å²) >= 11 is 0. The topological polar surface area (TPSA) is 26.3 Å². The number of carbonyl (C=O) groups is 1. The molecule has 0 fully saturated rings. The van der Waals surface area contributed by atoms with Gasteiger partial charge in [-0.1, -0.05) is 38.0 Å². The van der Waals surface area contributed by atoms with Crippen molar-refractivity contribution in [3.05, 3.63) is 23.8 Å². The van der Waals surface area contributed by atoms with Crippen LogP contribution < -0.4 is 0 Å². The van der Waals surface area contributed by atoms with Gasteiger partial charge in [0.2, 0.25) is 0 Å². The van der Waals surface area contributed by atoms with Gasteiger partial charge in [-0.25, -0.2) is 0 Å². The molecule has 0 aliphatic rings. The number of hydrogen-bond acceptors (Lipinski definition) is 2. The van der Waals surface area contributed by atoms with Gasteiger partial charge in [0.15, 0.2) is 0 Å². The number of ether oxygens (including phenoxy) is 1. The normalized spacial score (nSPS) is 11.3. The predicted molar refractivity (Wildman–Crippen MR) is 63.7 cm³/mol. The maximum Gasteiger partial charge on any atom is 0.302 e. The van der Waals surface area contributed by atoms with E-state index in [2.05, 4.69) is 19.6 Å². The third-order valence-electron chi connectivity index (χ3n) is 2.18. The van der Waals surface area contributed by atoms with Gasteiger partial charge in [-0.05, 0) is 25.3 Å². The molecule has 0 amide bonds. The van der Waals surface area contributed by atoms with E-state index >= 15 is 0 Å². The highest BCUT2D eigenvalue weighted by atomic mass is 16.5. The highest BCUT2D eigenvalue weighted by Gasteiger charge is 2.00. The summed E-state index contributed by atoms with van der Waals surface area (Å²) < 4.78 is 4.95. The molecule has 0 saturated carbocycles. The quantitative estimate of drug-likeness (QED) is 0.364. The number of unbranched alkanes of at least 4 members (excludes halogenated alkanes) is 3. The van der Waals surface area contributed by atoms with Crippen molar-refractivity contribution in [3.63, 3.8) is 0 Å². The second-order valence-corrected chi connectivity index (χ2v) is 3.79. The molecule has 0 heterocycles. The fourth-order valence-electron chi connectivity index (χ4n) is 1.21. The zero-order valence-corrected chi connectivity index (χ0v) is 10.1. The van der Waals surface area contributed by atoms with Crippen LogP contribution in [0.2, 0.25) is 0 Å². The van der Waals surface area contributed by atoms with E-state index in [4.69, 9.17) is 4.74 Å². The van der Waals surface area contributed by atoms with E-state index in [0.717, 1.165) is 17.6 Å². The fraction of sp³-hybridized carbons (Fsp3) is 0.615. The first-order valence-corrected chi connectivity index (χ1v) is 5.56. The molecule has 2 heteroatoms. The van der Waals surface area contributed by atoms with Crippen LogP contribution in [0.3, 0.4) is 0 Å². The van der Waals surface area contributed by atoms with Gasteiger partial charge in [0.1, 0.15) is 6.61 Å². The maximum atomic E-state index is 10.7. The number of carbonyl (C=O) groups excluding carboxylic acids is 1. The first-order chi connectivity index (χ1) is 7.07. The Morgan fingerprint density at radius 1 is 1.33 bits per heavy atom. The largest absolute Gasteiger partial charge is 0.461 e. The molecule has 0 atom stereocenters. The van der Waals surface area contributed by atoms with Gasteiger partial charge in [0.25, 0.3) is 0 Å². The molecule has 0 rings (SSSR count). The Morgan fingerprint density at radius 3 is 2.47 bits per heavy atom. The lowest BCUT2D eigenvalue weighted by Crippen LogP contribution is -2.03. The number of allylic oxidation sites excluding steroid dienone is 1. The van der Waals surface area contributed by atoms with Crippen molar-refractivity contribution in [2.75, 3.05) is 6.61 Å². The van der Waals surface area contributed by atoms with Crippen LogP contribution in [0.1, 0.15) is 46.5 Å². The monoisotopic (exact) mass is 210 g/mol. The lowest BCUT2D eigenvalue weighted by molar-refractivity contribution is -0.139. The minimum Gasteiger partial charge on any atom is -0.461 e. The van der Waals surface area contributed by atoms with Crippen molar-refractivity contribution in [2.24, 2.45) is 0 Å². The van der Waals surface area contributed by atoms with Crippen LogP contribution in [-0.2, 0) is 9.53 Å². The Morgan fingerprint density at radius 2 is 2.00 bits per heavy atom. The molecule has 0 aromatic heterocycles. The molecule has 0 saturated heterocycles. The lowest BCUT2D eigenvalue weighted by atomic mass is 10.1. The van der Waals surface area contributed by atoms with E-state index in [1.165, 1.54) is 26.2 Å². The molecule has 0 aromatic rings. The van der Waals surface area contributed by atoms with Crippen molar-refractivity contribution in [1.82, 2.24) is 0 Å². The minimum atomic E-state index is -0.240. The van der Waals surface area contributed by atoms with Gasteiger partial charge in [0, 0.05) is 6.92 Å². The average Bonchev–Trinajstić information content (AvgIpc) is 2.15. The summed E-state index contributed by atoms with van der Waals surface area (Å²) in [5, 5.41) is 0. The molecule has 0 aliphatic carbocycles. The van der Waals surface area contributed by atoms with Gasteiger partial charge in [-0.15, -0.1) is 0 Å². The molecular weight excluding hydrogens is 188 g/mol. The molecule has 2 nitrogen and oxygen atoms in total. The van der Waals surface area contributed by atoms with Crippen molar-refractivity contribution >= 4 is 5.97 Å². The molecule has 0 radical (unpaired) electrons. The van der Waals surface area contributed by atoms with Crippen LogP contribution in [0.5, 0.6) is 0 Å². The second-order valence-electron chi connectivity index (χ2n) is 3.79. The van der Waals surface area contributed by atoms with E-state index in [1.807, 2.05) is 6.92 Å². The van der Waals surface area contributed by atoms with Crippen LogP contribution in [-0.4, -0.2) is 12.6 Å². The Kier molecular flexibility index (Phi) is 7.69. The molecule has 0 aromatic carbocycles. The zero-order valence-electron chi connectivity index (χ0n) is 10.1. The Bertz CT molecular complexity index is 239. The molecular formula is C13H22O2. The molecule has 0 spiro atoms. The van der Waals surface area contributed by atoms with E-state index < -0.39 is 0 Å². The summed E-state index contributed by atoms with van der Waals surface area (Å²) in [4.78, 5) is 10.7. The van der Waals surface area contributed by atoms with Crippen molar-refractivity contribution in [3.8, 4) is 0 Å². The Balaban J connectivity index is 4.02. The SMILES string of the molecule is C=C(C)/C(=C/CCCCC)COC(C)=O. The molecule has 0 aliphatic heterocycles. The summed E-state index contributed by atoms with van der Waals surface area (Å²) in [6.45, 7) is 9.78. The maximum absolute atomic E-state index is 10.7. The van der Waals surface area contributed by atoms with E-state index in [-0.39, 0.29) is 5.97 Å². The van der Waals surface area contributed by atoms with E-state index in [0.29, 0.717) is 6.61 Å². The number of esters is 1. The molecule has 0 unspecified atom stereocenters. The smallest absolute Gasteiger partial charge is 0.302 e. The number of rotatable bonds is 7. The number of hydrogen-bond donors (Lipinski definition) is 0. The standard InChI is InChI=1S/C13H22O2/c1-5-6-7-8-9-13(11(2)3)10-15-12(4)14/h9H,2,5-8,10H2,1,3-4H3/b13-9+. The highest BCUT2D eigenvalue weighted by molar-refractivity contribution is 5.66. The molecule has 15 heavy (non-hydrogen) atoms. The van der Waals surface area contributed by atoms with Gasteiger partial charge in [-0.3, -0.25) is 4.79 Å². The average molecular weight is 210 g/mol. The van der Waals surface area contributed by atoms with Gasteiger partial charge < -0.3 is 4.74 Å². The van der Waals surface area contributed by atoms with Gasteiger partial charge in [0.05, 0.1) is 0 Å². The summed E-state index contributed by atoms with van der Waals surface area (Å²) in [5.41, 5.74) is 2.02. The lowest BCUT2D eigenvalue weighted by Gasteiger charge is -2.07. The van der Waals surface area contributed by atoms with Crippen LogP contribution in [0.15, 0.2) is 23.8 Å². The van der Waals surface area contributed by atoms with Crippen LogP contribution in [0, 0.1) is 0 Å². The third kappa shape index (κ3) is 7.98. The molecule has 86 valence electrons. The van der Waals surface area contributed by atoms with Gasteiger partial charge >= 0.3 is 5.97 Å². The van der Waals surface area contributed by atoms with Crippen LogP contribution >= 0.6 is 0 Å². The Labute approximate surface area is 93.0 Å².